The van der Waals surface area contributed by atoms with Crippen LogP contribution in [-0.4, -0.2) is 17.9 Å². The predicted molar refractivity (Wildman–Crippen MR) is 71.4 cm³/mol. The molecule has 1 heterocycles. The number of anilines is 1. The van der Waals surface area contributed by atoms with Gasteiger partial charge in [-0.2, -0.15) is 0 Å². The molecule has 0 spiro atoms. The van der Waals surface area contributed by atoms with Gasteiger partial charge in [-0.15, -0.1) is 0 Å². The van der Waals surface area contributed by atoms with Crippen LogP contribution < -0.4 is 10.6 Å². The van der Waals surface area contributed by atoms with Crippen molar-refractivity contribution in [3.05, 3.63) is 59.9 Å². The Morgan fingerprint density at radius 3 is 2.61 bits per heavy atom. The minimum Gasteiger partial charge on any atom is -0.388 e. The van der Waals surface area contributed by atoms with E-state index in [4.69, 9.17) is 0 Å². The van der Waals surface area contributed by atoms with Crippen LogP contribution >= 0.6 is 0 Å². The number of aromatic nitrogens is 1. The SMILES string of the molecule is CNc1ccc(C(=O)NCc2cccnc2)cc1. The van der Waals surface area contributed by atoms with E-state index in [0.29, 0.717) is 12.1 Å². The summed E-state index contributed by atoms with van der Waals surface area (Å²) in [7, 11) is 1.84. The summed E-state index contributed by atoms with van der Waals surface area (Å²) in [4.78, 5) is 15.9. The molecule has 1 aromatic carbocycles. The lowest BCUT2D eigenvalue weighted by molar-refractivity contribution is 0.0951. The molecule has 18 heavy (non-hydrogen) atoms. The number of nitrogens with one attached hydrogen (secondary N) is 2. The van der Waals surface area contributed by atoms with Crippen molar-refractivity contribution in [2.75, 3.05) is 12.4 Å². The Morgan fingerprint density at radius 1 is 1.22 bits per heavy atom. The molecule has 2 aromatic rings. The Morgan fingerprint density at radius 2 is 2.00 bits per heavy atom. The molecule has 1 aromatic heterocycles. The van der Waals surface area contributed by atoms with Gasteiger partial charge in [0.15, 0.2) is 0 Å². The fourth-order valence-corrected chi connectivity index (χ4v) is 1.58. The third-order valence-corrected chi connectivity index (χ3v) is 2.61. The number of nitrogens with zero attached hydrogens (tertiary/aromatic N) is 1. The molecule has 0 atom stereocenters. The number of amides is 1. The van der Waals surface area contributed by atoms with Crippen LogP contribution in [0.4, 0.5) is 5.69 Å². The molecule has 0 saturated carbocycles. The molecule has 0 fully saturated rings. The lowest BCUT2D eigenvalue weighted by Crippen LogP contribution is -2.22. The molecular formula is C14H15N3O. The van der Waals surface area contributed by atoms with Crippen LogP contribution in [0.3, 0.4) is 0 Å². The molecule has 2 rings (SSSR count). The lowest BCUT2D eigenvalue weighted by Gasteiger charge is -2.06. The zero-order chi connectivity index (χ0) is 12.8. The number of carbonyl (C=O) groups is 1. The highest BCUT2D eigenvalue weighted by atomic mass is 16.1. The number of hydrogen-bond donors (Lipinski definition) is 2. The smallest absolute Gasteiger partial charge is 0.251 e. The van der Waals surface area contributed by atoms with E-state index in [-0.39, 0.29) is 5.91 Å². The van der Waals surface area contributed by atoms with E-state index in [1.807, 2.05) is 31.3 Å². The normalized spacial score (nSPS) is 9.83. The number of benzene rings is 1. The zero-order valence-corrected chi connectivity index (χ0v) is 10.2. The Bertz CT molecular complexity index is 508. The molecule has 0 aliphatic heterocycles. The average molecular weight is 241 g/mol. The molecule has 92 valence electrons. The fourth-order valence-electron chi connectivity index (χ4n) is 1.58. The highest BCUT2D eigenvalue weighted by Crippen LogP contribution is 2.08. The van der Waals surface area contributed by atoms with Gasteiger partial charge in [0.1, 0.15) is 0 Å². The van der Waals surface area contributed by atoms with Crippen molar-refractivity contribution in [2.24, 2.45) is 0 Å². The average Bonchev–Trinajstić information content (AvgIpc) is 2.46. The van der Waals surface area contributed by atoms with E-state index in [9.17, 15) is 4.79 Å². The molecule has 0 aliphatic carbocycles. The van der Waals surface area contributed by atoms with Crippen LogP contribution in [-0.2, 0) is 6.54 Å². The minimum atomic E-state index is -0.0819. The molecule has 1 amide bonds. The summed E-state index contributed by atoms with van der Waals surface area (Å²) >= 11 is 0. The van der Waals surface area contributed by atoms with Crippen LogP contribution in [0, 0.1) is 0 Å². The third kappa shape index (κ3) is 3.07. The molecule has 4 heteroatoms. The summed E-state index contributed by atoms with van der Waals surface area (Å²) in [5, 5.41) is 5.86. The van der Waals surface area contributed by atoms with Gasteiger partial charge in [-0.25, -0.2) is 0 Å². The first kappa shape index (κ1) is 12.1. The Kier molecular flexibility index (Phi) is 3.91. The highest BCUT2D eigenvalue weighted by Gasteiger charge is 2.04. The van der Waals surface area contributed by atoms with E-state index in [1.165, 1.54) is 0 Å². The van der Waals surface area contributed by atoms with Crippen molar-refractivity contribution >= 4 is 11.6 Å². The first-order valence-electron chi connectivity index (χ1n) is 5.74. The van der Waals surface area contributed by atoms with Crippen LogP contribution in [0.5, 0.6) is 0 Å². The molecule has 0 aliphatic rings. The van der Waals surface area contributed by atoms with Gasteiger partial charge < -0.3 is 10.6 Å². The summed E-state index contributed by atoms with van der Waals surface area (Å²) in [6, 6.07) is 11.1. The number of carbonyl (C=O) groups excluding carboxylic acids is 1. The van der Waals surface area contributed by atoms with E-state index in [0.717, 1.165) is 11.3 Å². The molecular weight excluding hydrogens is 226 g/mol. The summed E-state index contributed by atoms with van der Waals surface area (Å²) in [6.45, 7) is 0.487. The van der Waals surface area contributed by atoms with Crippen molar-refractivity contribution in [1.29, 1.82) is 0 Å². The molecule has 0 unspecified atom stereocenters. The molecule has 0 saturated heterocycles. The van der Waals surface area contributed by atoms with Gasteiger partial charge in [0.25, 0.3) is 5.91 Å². The van der Waals surface area contributed by atoms with Crippen LogP contribution in [0.2, 0.25) is 0 Å². The van der Waals surface area contributed by atoms with Gasteiger partial charge in [-0.3, -0.25) is 9.78 Å². The van der Waals surface area contributed by atoms with Crippen molar-refractivity contribution < 1.29 is 4.79 Å². The second kappa shape index (κ2) is 5.82. The first-order valence-corrected chi connectivity index (χ1v) is 5.74. The Balaban J connectivity index is 1.95. The summed E-state index contributed by atoms with van der Waals surface area (Å²) in [6.07, 6.45) is 3.45. The van der Waals surface area contributed by atoms with Gasteiger partial charge >= 0.3 is 0 Å². The van der Waals surface area contributed by atoms with Gasteiger partial charge in [0.2, 0.25) is 0 Å². The van der Waals surface area contributed by atoms with E-state index >= 15 is 0 Å². The molecule has 0 bridgehead atoms. The van der Waals surface area contributed by atoms with Crippen LogP contribution in [0.1, 0.15) is 15.9 Å². The maximum absolute atomic E-state index is 11.9. The van der Waals surface area contributed by atoms with Crippen molar-refractivity contribution in [2.45, 2.75) is 6.54 Å². The maximum atomic E-state index is 11.9. The van der Waals surface area contributed by atoms with Crippen LogP contribution in [0.15, 0.2) is 48.8 Å². The Hall–Kier alpha value is -2.36. The van der Waals surface area contributed by atoms with E-state index in [1.54, 1.807) is 24.5 Å². The minimum absolute atomic E-state index is 0.0819. The second-order valence-electron chi connectivity index (χ2n) is 3.87. The lowest BCUT2D eigenvalue weighted by atomic mass is 10.2. The predicted octanol–water partition coefficient (Wildman–Crippen LogP) is 2.05. The van der Waals surface area contributed by atoms with Crippen molar-refractivity contribution in [3.8, 4) is 0 Å². The van der Waals surface area contributed by atoms with E-state index in [2.05, 4.69) is 15.6 Å². The summed E-state index contributed by atoms with van der Waals surface area (Å²) in [5.74, 6) is -0.0819. The zero-order valence-electron chi connectivity index (χ0n) is 10.2. The standard InChI is InChI=1S/C14H15N3O/c1-15-13-6-4-12(5-7-13)14(18)17-10-11-3-2-8-16-9-11/h2-9,15H,10H2,1H3,(H,17,18). The Labute approximate surface area is 106 Å². The summed E-state index contributed by atoms with van der Waals surface area (Å²) in [5.41, 5.74) is 2.62. The van der Waals surface area contributed by atoms with Gasteiger partial charge in [0.05, 0.1) is 0 Å². The number of rotatable bonds is 4. The number of hydrogen-bond acceptors (Lipinski definition) is 3. The second-order valence-corrected chi connectivity index (χ2v) is 3.87. The van der Waals surface area contributed by atoms with Gasteiger partial charge in [-0.05, 0) is 35.9 Å². The van der Waals surface area contributed by atoms with Crippen LogP contribution in [0.25, 0.3) is 0 Å². The topological polar surface area (TPSA) is 54.0 Å². The molecule has 0 radical (unpaired) electrons. The fraction of sp³-hybridized carbons (Fsp3) is 0.143. The van der Waals surface area contributed by atoms with Crippen molar-refractivity contribution in [1.82, 2.24) is 10.3 Å². The van der Waals surface area contributed by atoms with Gasteiger partial charge in [-0.1, -0.05) is 6.07 Å². The molecule has 4 nitrogen and oxygen atoms in total. The van der Waals surface area contributed by atoms with E-state index < -0.39 is 0 Å². The number of pyridine rings is 1. The van der Waals surface area contributed by atoms with Gasteiger partial charge in [0, 0.05) is 37.2 Å². The monoisotopic (exact) mass is 241 g/mol. The summed E-state index contributed by atoms with van der Waals surface area (Å²) < 4.78 is 0. The quantitative estimate of drug-likeness (QED) is 0.861. The maximum Gasteiger partial charge on any atom is 0.251 e. The molecule has 2 N–H and O–H groups in total. The highest BCUT2D eigenvalue weighted by molar-refractivity contribution is 5.94. The largest absolute Gasteiger partial charge is 0.388 e. The third-order valence-electron chi connectivity index (χ3n) is 2.61. The first-order chi connectivity index (χ1) is 8.79. The van der Waals surface area contributed by atoms with Crippen molar-refractivity contribution in [3.63, 3.8) is 0 Å².